The van der Waals surface area contributed by atoms with Gasteiger partial charge in [0.2, 0.25) is 5.89 Å². The van der Waals surface area contributed by atoms with Crippen LogP contribution >= 0.6 is 0 Å². The summed E-state index contributed by atoms with van der Waals surface area (Å²) in [5.41, 5.74) is 3.81. The molecule has 0 aliphatic heterocycles. The maximum Gasteiger partial charge on any atom is 0.202 e. The molecule has 26 heavy (non-hydrogen) atoms. The predicted molar refractivity (Wildman–Crippen MR) is 103 cm³/mol. The quantitative estimate of drug-likeness (QED) is 0.505. The van der Waals surface area contributed by atoms with Crippen LogP contribution in [0.4, 0.5) is 0 Å². The van der Waals surface area contributed by atoms with Crippen LogP contribution < -0.4 is 0 Å². The van der Waals surface area contributed by atoms with E-state index in [2.05, 4.69) is 0 Å². The van der Waals surface area contributed by atoms with Gasteiger partial charge in [-0.1, -0.05) is 72.8 Å². The Morgan fingerprint density at radius 1 is 0.808 bits per heavy atom. The van der Waals surface area contributed by atoms with Crippen molar-refractivity contribution >= 4 is 0 Å². The molecule has 4 rings (SSSR count). The van der Waals surface area contributed by atoms with Crippen LogP contribution in [0.15, 0.2) is 89.3 Å². The molecule has 0 amide bonds. The van der Waals surface area contributed by atoms with Gasteiger partial charge in [0.1, 0.15) is 11.4 Å². The van der Waals surface area contributed by atoms with Crippen molar-refractivity contribution in [1.29, 1.82) is 0 Å². The predicted octanol–water partition coefficient (Wildman–Crippen LogP) is 5.87. The Morgan fingerprint density at radius 2 is 1.46 bits per heavy atom. The molecule has 0 spiro atoms. The summed E-state index contributed by atoms with van der Waals surface area (Å²) in [4.78, 5) is 4.81. The van der Waals surface area contributed by atoms with Gasteiger partial charge in [0.05, 0.1) is 5.92 Å². The van der Waals surface area contributed by atoms with Gasteiger partial charge in [0, 0.05) is 11.1 Å². The number of oxazole rings is 1. The molecular formula is C23H19NO2. The Hall–Kier alpha value is -3.33. The van der Waals surface area contributed by atoms with Crippen LogP contribution in [-0.2, 0) is 0 Å². The van der Waals surface area contributed by atoms with Crippen molar-refractivity contribution in [2.45, 2.75) is 12.8 Å². The second-order valence-corrected chi connectivity index (χ2v) is 6.28. The van der Waals surface area contributed by atoms with Gasteiger partial charge in [-0.05, 0) is 24.6 Å². The monoisotopic (exact) mass is 341 g/mol. The summed E-state index contributed by atoms with van der Waals surface area (Å²) in [6.07, 6.45) is 0. The molecule has 0 saturated heterocycles. The third kappa shape index (κ3) is 3.11. The lowest BCUT2D eigenvalue weighted by Gasteiger charge is -2.07. The van der Waals surface area contributed by atoms with Gasteiger partial charge in [-0.3, -0.25) is 0 Å². The standard InChI is InChI=1S/C23H19NO2/c1-16(19-13-8-14-20(25)15-19)23-24-21(17-9-4-2-5-10-17)22(26-23)18-11-6-3-7-12-18/h2-16,25H,1H3. The lowest BCUT2D eigenvalue weighted by molar-refractivity contribution is 0.470. The van der Waals surface area contributed by atoms with Crippen LogP contribution in [0.5, 0.6) is 5.75 Å². The van der Waals surface area contributed by atoms with Gasteiger partial charge in [0.25, 0.3) is 0 Å². The van der Waals surface area contributed by atoms with Crippen LogP contribution in [0.2, 0.25) is 0 Å². The third-order valence-electron chi connectivity index (χ3n) is 4.47. The second-order valence-electron chi connectivity index (χ2n) is 6.28. The van der Waals surface area contributed by atoms with Gasteiger partial charge < -0.3 is 9.52 Å². The van der Waals surface area contributed by atoms with E-state index in [1.54, 1.807) is 12.1 Å². The zero-order valence-corrected chi connectivity index (χ0v) is 14.5. The second kappa shape index (κ2) is 6.89. The van der Waals surface area contributed by atoms with Crippen molar-refractivity contribution < 1.29 is 9.52 Å². The Labute approximate surface area is 152 Å². The molecule has 0 bridgehead atoms. The first kappa shape index (κ1) is 16.2. The molecule has 0 saturated carbocycles. The Balaban J connectivity index is 1.84. The van der Waals surface area contributed by atoms with Gasteiger partial charge in [-0.2, -0.15) is 0 Å². The molecule has 3 aromatic carbocycles. The average Bonchev–Trinajstić information content (AvgIpc) is 3.14. The summed E-state index contributed by atoms with van der Waals surface area (Å²) in [6.45, 7) is 2.03. The molecule has 128 valence electrons. The summed E-state index contributed by atoms with van der Waals surface area (Å²) < 4.78 is 6.22. The van der Waals surface area contributed by atoms with E-state index >= 15 is 0 Å². The van der Waals surface area contributed by atoms with E-state index in [9.17, 15) is 5.11 Å². The smallest absolute Gasteiger partial charge is 0.202 e. The van der Waals surface area contributed by atoms with Crippen LogP contribution in [0.3, 0.4) is 0 Å². The largest absolute Gasteiger partial charge is 0.508 e. The van der Waals surface area contributed by atoms with Gasteiger partial charge in [0.15, 0.2) is 5.76 Å². The minimum Gasteiger partial charge on any atom is -0.508 e. The molecule has 1 heterocycles. The molecule has 1 atom stereocenters. The summed E-state index contributed by atoms with van der Waals surface area (Å²) in [5, 5.41) is 9.77. The SMILES string of the molecule is CC(c1cccc(O)c1)c1nc(-c2ccccc2)c(-c2ccccc2)o1. The van der Waals surface area contributed by atoms with Crippen molar-refractivity contribution in [2.24, 2.45) is 0 Å². The highest BCUT2D eigenvalue weighted by Gasteiger charge is 2.21. The topological polar surface area (TPSA) is 46.3 Å². The zero-order chi connectivity index (χ0) is 17.9. The molecule has 0 radical (unpaired) electrons. The van der Waals surface area contributed by atoms with Gasteiger partial charge >= 0.3 is 0 Å². The van der Waals surface area contributed by atoms with E-state index in [0.717, 1.165) is 28.1 Å². The molecule has 0 aliphatic rings. The number of hydrogen-bond donors (Lipinski definition) is 1. The molecule has 1 N–H and O–H groups in total. The maximum atomic E-state index is 9.77. The van der Waals surface area contributed by atoms with E-state index in [1.165, 1.54) is 0 Å². The highest BCUT2D eigenvalue weighted by Crippen LogP contribution is 2.36. The number of nitrogens with zero attached hydrogens (tertiary/aromatic N) is 1. The van der Waals surface area contributed by atoms with E-state index in [-0.39, 0.29) is 11.7 Å². The number of aromatic hydroxyl groups is 1. The van der Waals surface area contributed by atoms with E-state index < -0.39 is 0 Å². The molecule has 1 aromatic heterocycles. The molecule has 3 nitrogen and oxygen atoms in total. The number of phenolic OH excluding ortho intramolecular Hbond substituents is 1. The van der Waals surface area contributed by atoms with Crippen molar-refractivity contribution in [3.05, 3.63) is 96.4 Å². The van der Waals surface area contributed by atoms with Crippen molar-refractivity contribution in [3.8, 4) is 28.3 Å². The number of phenols is 1. The minimum atomic E-state index is -0.0676. The Bertz CT molecular complexity index is 950. The summed E-state index contributed by atoms with van der Waals surface area (Å²) in [7, 11) is 0. The number of hydrogen-bond acceptors (Lipinski definition) is 3. The summed E-state index contributed by atoms with van der Waals surface area (Å²) in [5.74, 6) is 1.57. The lowest BCUT2D eigenvalue weighted by Crippen LogP contribution is -1.96. The summed E-state index contributed by atoms with van der Waals surface area (Å²) >= 11 is 0. The van der Waals surface area contributed by atoms with E-state index in [4.69, 9.17) is 9.40 Å². The average molecular weight is 341 g/mol. The van der Waals surface area contributed by atoms with Crippen LogP contribution in [0.1, 0.15) is 24.3 Å². The first-order chi connectivity index (χ1) is 12.7. The highest BCUT2D eigenvalue weighted by atomic mass is 16.4. The lowest BCUT2D eigenvalue weighted by atomic mass is 10.0. The number of benzene rings is 3. The normalized spacial score (nSPS) is 12.0. The highest BCUT2D eigenvalue weighted by molar-refractivity contribution is 5.76. The molecule has 0 aliphatic carbocycles. The fourth-order valence-corrected chi connectivity index (χ4v) is 3.04. The zero-order valence-electron chi connectivity index (χ0n) is 14.5. The Kier molecular flexibility index (Phi) is 4.28. The van der Waals surface area contributed by atoms with E-state index in [1.807, 2.05) is 79.7 Å². The fourth-order valence-electron chi connectivity index (χ4n) is 3.04. The van der Waals surface area contributed by atoms with Gasteiger partial charge in [-0.25, -0.2) is 4.98 Å². The molecule has 1 unspecified atom stereocenters. The van der Waals surface area contributed by atoms with Crippen LogP contribution in [0.25, 0.3) is 22.6 Å². The van der Waals surface area contributed by atoms with Crippen LogP contribution in [-0.4, -0.2) is 10.1 Å². The summed E-state index contributed by atoms with van der Waals surface area (Å²) in [6, 6.07) is 27.3. The molecule has 3 heteroatoms. The minimum absolute atomic E-state index is 0.0676. The van der Waals surface area contributed by atoms with E-state index in [0.29, 0.717) is 5.89 Å². The van der Waals surface area contributed by atoms with Crippen LogP contribution in [0, 0.1) is 0 Å². The Morgan fingerprint density at radius 3 is 2.12 bits per heavy atom. The molecule has 4 aromatic rings. The first-order valence-corrected chi connectivity index (χ1v) is 8.63. The number of rotatable bonds is 4. The third-order valence-corrected chi connectivity index (χ3v) is 4.47. The van der Waals surface area contributed by atoms with Crippen molar-refractivity contribution in [3.63, 3.8) is 0 Å². The van der Waals surface area contributed by atoms with Gasteiger partial charge in [-0.15, -0.1) is 0 Å². The number of aromatic nitrogens is 1. The fraction of sp³-hybridized carbons (Fsp3) is 0.0870. The maximum absolute atomic E-state index is 9.77. The van der Waals surface area contributed by atoms with Crippen molar-refractivity contribution in [1.82, 2.24) is 4.98 Å². The molecule has 0 fully saturated rings. The first-order valence-electron chi connectivity index (χ1n) is 8.63. The molecular weight excluding hydrogens is 322 g/mol. The van der Waals surface area contributed by atoms with Crippen molar-refractivity contribution in [2.75, 3.05) is 0 Å².